The fourth-order valence-corrected chi connectivity index (χ4v) is 3.29. The molecule has 2 fully saturated rings. The molecule has 2 amide bonds. The molecule has 138 valence electrons. The minimum Gasteiger partial charge on any atom is -0.467 e. The van der Waals surface area contributed by atoms with Crippen LogP contribution in [0.25, 0.3) is 0 Å². The van der Waals surface area contributed by atoms with E-state index in [0.717, 1.165) is 44.5 Å². The van der Waals surface area contributed by atoms with Crippen LogP contribution in [0.1, 0.15) is 51.2 Å². The number of amides is 2. The van der Waals surface area contributed by atoms with Gasteiger partial charge in [0.25, 0.3) is 0 Å². The molecule has 0 aromatic carbocycles. The number of carbonyl (C=O) groups excluding carboxylic acids is 2. The van der Waals surface area contributed by atoms with E-state index in [2.05, 4.69) is 0 Å². The topological polar surface area (TPSA) is 63.0 Å². The Morgan fingerprint density at radius 3 is 2.68 bits per heavy atom. The molecule has 1 saturated heterocycles. The normalized spacial score (nSPS) is 19.8. The Morgan fingerprint density at radius 1 is 1.24 bits per heavy atom. The van der Waals surface area contributed by atoms with Gasteiger partial charge in [-0.3, -0.25) is 9.59 Å². The van der Waals surface area contributed by atoms with Gasteiger partial charge in [-0.25, -0.2) is 0 Å². The lowest BCUT2D eigenvalue weighted by atomic mass is 10.2. The summed E-state index contributed by atoms with van der Waals surface area (Å²) in [6.45, 7) is 3.89. The molecule has 2 heterocycles. The van der Waals surface area contributed by atoms with Crippen molar-refractivity contribution in [1.29, 1.82) is 0 Å². The standard InChI is InChI=1S/C19H28N2O4/c1-2-5-18(22)21(15-8-9-15)14-19(23)20(12-16-6-3-10-24-16)13-17-7-4-11-25-17/h3,6,10,15,17H,2,4-5,7-9,11-14H2,1H3. The van der Waals surface area contributed by atoms with Crippen LogP contribution in [-0.2, 0) is 20.9 Å². The van der Waals surface area contributed by atoms with E-state index in [1.54, 1.807) is 16.1 Å². The number of carbonyl (C=O) groups is 2. The molecule has 1 aliphatic carbocycles. The van der Waals surface area contributed by atoms with Gasteiger partial charge in [0.15, 0.2) is 0 Å². The number of hydrogen-bond donors (Lipinski definition) is 0. The Morgan fingerprint density at radius 2 is 2.08 bits per heavy atom. The van der Waals surface area contributed by atoms with E-state index in [9.17, 15) is 9.59 Å². The molecule has 1 aromatic rings. The molecule has 0 bridgehead atoms. The Bertz CT molecular complexity index is 562. The smallest absolute Gasteiger partial charge is 0.242 e. The fraction of sp³-hybridized carbons (Fsp3) is 0.684. The van der Waals surface area contributed by atoms with Crippen molar-refractivity contribution in [3.05, 3.63) is 24.2 Å². The van der Waals surface area contributed by atoms with Crippen LogP contribution in [0.15, 0.2) is 22.8 Å². The molecule has 0 N–H and O–H groups in total. The van der Waals surface area contributed by atoms with Crippen LogP contribution in [0.5, 0.6) is 0 Å². The summed E-state index contributed by atoms with van der Waals surface area (Å²) < 4.78 is 11.1. The summed E-state index contributed by atoms with van der Waals surface area (Å²) in [4.78, 5) is 28.9. The third kappa shape index (κ3) is 5.08. The average Bonchev–Trinajstić information content (AvgIpc) is 3.07. The molecule has 6 heteroatoms. The van der Waals surface area contributed by atoms with Crippen LogP contribution in [-0.4, -0.2) is 53.5 Å². The van der Waals surface area contributed by atoms with E-state index >= 15 is 0 Å². The van der Waals surface area contributed by atoms with Gasteiger partial charge < -0.3 is 19.0 Å². The molecule has 0 spiro atoms. The van der Waals surface area contributed by atoms with Gasteiger partial charge in [-0.15, -0.1) is 0 Å². The summed E-state index contributed by atoms with van der Waals surface area (Å²) in [6, 6.07) is 3.94. The molecule has 0 radical (unpaired) electrons. The number of furan rings is 1. The molecule has 2 aliphatic rings. The van der Waals surface area contributed by atoms with Crippen LogP contribution in [0.4, 0.5) is 0 Å². The van der Waals surface area contributed by atoms with Gasteiger partial charge in [-0.2, -0.15) is 0 Å². The molecule has 1 aromatic heterocycles. The van der Waals surface area contributed by atoms with Gasteiger partial charge in [0.05, 0.1) is 18.9 Å². The minimum absolute atomic E-state index is 0.0248. The number of ether oxygens (including phenoxy) is 1. The van der Waals surface area contributed by atoms with Gasteiger partial charge in [0.1, 0.15) is 12.3 Å². The highest BCUT2D eigenvalue weighted by Gasteiger charge is 2.35. The molecule has 1 unspecified atom stereocenters. The summed E-state index contributed by atoms with van der Waals surface area (Å²) in [6.07, 6.45) is 7.04. The highest BCUT2D eigenvalue weighted by molar-refractivity contribution is 5.85. The van der Waals surface area contributed by atoms with Crippen molar-refractivity contribution >= 4 is 11.8 Å². The van der Waals surface area contributed by atoms with Crippen LogP contribution in [0, 0.1) is 0 Å². The summed E-state index contributed by atoms with van der Waals surface area (Å²) in [5.74, 6) is 0.820. The molecule has 6 nitrogen and oxygen atoms in total. The Hall–Kier alpha value is -1.82. The predicted molar refractivity (Wildman–Crippen MR) is 92.7 cm³/mol. The first-order valence-electron chi connectivity index (χ1n) is 9.38. The van der Waals surface area contributed by atoms with Crippen LogP contribution in [0.2, 0.25) is 0 Å². The quantitative estimate of drug-likeness (QED) is 0.688. The van der Waals surface area contributed by atoms with E-state index in [0.29, 0.717) is 19.5 Å². The largest absolute Gasteiger partial charge is 0.467 e. The second-order valence-electron chi connectivity index (χ2n) is 6.99. The van der Waals surface area contributed by atoms with Crippen molar-refractivity contribution in [3.8, 4) is 0 Å². The first kappa shape index (κ1) is 18.0. The first-order valence-corrected chi connectivity index (χ1v) is 9.38. The predicted octanol–water partition coefficient (Wildman–Crippen LogP) is 2.58. The Balaban J connectivity index is 1.64. The van der Waals surface area contributed by atoms with E-state index in [-0.39, 0.29) is 30.5 Å². The zero-order valence-corrected chi connectivity index (χ0v) is 15.0. The molecule has 25 heavy (non-hydrogen) atoms. The first-order chi connectivity index (χ1) is 12.2. The Kier molecular flexibility index (Phi) is 6.13. The van der Waals surface area contributed by atoms with Gasteiger partial charge >= 0.3 is 0 Å². The van der Waals surface area contributed by atoms with E-state index < -0.39 is 0 Å². The second kappa shape index (κ2) is 8.52. The van der Waals surface area contributed by atoms with Gasteiger partial charge in [0.2, 0.25) is 11.8 Å². The molecular formula is C19H28N2O4. The lowest BCUT2D eigenvalue weighted by Gasteiger charge is -2.28. The van der Waals surface area contributed by atoms with Crippen LogP contribution < -0.4 is 0 Å². The average molecular weight is 348 g/mol. The SMILES string of the molecule is CCCC(=O)N(CC(=O)N(Cc1ccco1)CC1CCCO1)C1CC1. The number of rotatable bonds is 9. The maximum Gasteiger partial charge on any atom is 0.242 e. The highest BCUT2D eigenvalue weighted by Crippen LogP contribution is 2.28. The molecule has 1 saturated carbocycles. The van der Waals surface area contributed by atoms with Crippen LogP contribution >= 0.6 is 0 Å². The maximum absolute atomic E-state index is 12.9. The zero-order chi connectivity index (χ0) is 17.6. The van der Waals surface area contributed by atoms with E-state index in [1.165, 1.54) is 0 Å². The van der Waals surface area contributed by atoms with Crippen molar-refractivity contribution in [2.75, 3.05) is 19.7 Å². The van der Waals surface area contributed by atoms with Crippen molar-refractivity contribution < 1.29 is 18.7 Å². The lowest BCUT2D eigenvalue weighted by molar-refractivity contribution is -0.142. The lowest BCUT2D eigenvalue weighted by Crippen LogP contribution is -2.45. The molecule has 1 atom stereocenters. The van der Waals surface area contributed by atoms with Gasteiger partial charge in [-0.05, 0) is 44.2 Å². The van der Waals surface area contributed by atoms with Crippen LogP contribution in [0.3, 0.4) is 0 Å². The van der Waals surface area contributed by atoms with E-state index in [1.807, 2.05) is 19.1 Å². The number of nitrogens with zero attached hydrogens (tertiary/aromatic N) is 2. The molecule has 1 aliphatic heterocycles. The van der Waals surface area contributed by atoms with Crippen molar-refractivity contribution in [1.82, 2.24) is 9.80 Å². The molecular weight excluding hydrogens is 320 g/mol. The summed E-state index contributed by atoms with van der Waals surface area (Å²) in [5.41, 5.74) is 0. The fourth-order valence-electron chi connectivity index (χ4n) is 3.29. The highest BCUT2D eigenvalue weighted by atomic mass is 16.5. The number of hydrogen-bond acceptors (Lipinski definition) is 4. The minimum atomic E-state index is -0.0248. The Labute approximate surface area is 149 Å². The molecule has 3 rings (SSSR count). The van der Waals surface area contributed by atoms with Crippen molar-refractivity contribution in [3.63, 3.8) is 0 Å². The third-order valence-corrected chi connectivity index (χ3v) is 4.80. The summed E-state index contributed by atoms with van der Waals surface area (Å²) >= 11 is 0. The van der Waals surface area contributed by atoms with Gasteiger partial charge in [-0.1, -0.05) is 6.92 Å². The van der Waals surface area contributed by atoms with E-state index in [4.69, 9.17) is 9.15 Å². The van der Waals surface area contributed by atoms with Gasteiger partial charge in [0, 0.05) is 25.6 Å². The summed E-state index contributed by atoms with van der Waals surface area (Å²) in [5, 5.41) is 0. The van der Waals surface area contributed by atoms with Crippen molar-refractivity contribution in [2.45, 2.75) is 64.1 Å². The monoisotopic (exact) mass is 348 g/mol. The summed E-state index contributed by atoms with van der Waals surface area (Å²) in [7, 11) is 0. The maximum atomic E-state index is 12.9. The zero-order valence-electron chi connectivity index (χ0n) is 15.0. The second-order valence-corrected chi connectivity index (χ2v) is 6.99. The van der Waals surface area contributed by atoms with Crippen molar-refractivity contribution in [2.24, 2.45) is 0 Å². The third-order valence-electron chi connectivity index (χ3n) is 4.80.